The number of rotatable bonds is 2. The molecule has 1 aromatic rings. The molecule has 0 saturated heterocycles. The SMILES string of the molecule is CC(=O)/C=C(\C)c1cc(F)cc(F)c1. The van der Waals surface area contributed by atoms with E-state index in [1.165, 1.54) is 25.1 Å². The normalized spacial score (nSPS) is 11.6. The minimum Gasteiger partial charge on any atom is -0.295 e. The molecule has 0 unspecified atom stereocenters. The fourth-order valence-corrected chi connectivity index (χ4v) is 1.17. The van der Waals surface area contributed by atoms with Crippen LogP contribution in [0.25, 0.3) is 5.57 Å². The van der Waals surface area contributed by atoms with Crippen molar-refractivity contribution in [2.75, 3.05) is 0 Å². The maximum Gasteiger partial charge on any atom is 0.152 e. The number of benzene rings is 1. The number of carbonyl (C=O) groups excluding carboxylic acids is 1. The van der Waals surface area contributed by atoms with Gasteiger partial charge in [0, 0.05) is 6.07 Å². The van der Waals surface area contributed by atoms with Crippen molar-refractivity contribution in [3.63, 3.8) is 0 Å². The molecule has 0 aliphatic rings. The second-order valence-electron chi connectivity index (χ2n) is 3.10. The third kappa shape index (κ3) is 2.76. The Balaban J connectivity index is 3.13. The third-order valence-electron chi connectivity index (χ3n) is 1.74. The smallest absolute Gasteiger partial charge is 0.152 e. The van der Waals surface area contributed by atoms with Crippen LogP contribution in [0.3, 0.4) is 0 Å². The molecule has 74 valence electrons. The molecule has 0 fully saturated rings. The highest BCUT2D eigenvalue weighted by Gasteiger charge is 2.02. The maximum atomic E-state index is 12.8. The Morgan fingerprint density at radius 1 is 1.14 bits per heavy atom. The summed E-state index contributed by atoms with van der Waals surface area (Å²) in [6.45, 7) is 3.02. The van der Waals surface area contributed by atoms with Crippen LogP contribution in [0.1, 0.15) is 19.4 Å². The molecule has 0 spiro atoms. The zero-order valence-corrected chi connectivity index (χ0v) is 7.97. The monoisotopic (exact) mass is 196 g/mol. The second-order valence-corrected chi connectivity index (χ2v) is 3.10. The molecule has 0 N–H and O–H groups in total. The Morgan fingerprint density at radius 2 is 1.64 bits per heavy atom. The van der Waals surface area contributed by atoms with E-state index in [2.05, 4.69) is 0 Å². The Bertz CT molecular complexity index is 374. The van der Waals surface area contributed by atoms with Crippen LogP contribution in [0.15, 0.2) is 24.3 Å². The molecule has 0 atom stereocenters. The van der Waals surface area contributed by atoms with Crippen molar-refractivity contribution in [1.82, 2.24) is 0 Å². The van der Waals surface area contributed by atoms with E-state index in [1.54, 1.807) is 6.92 Å². The lowest BCUT2D eigenvalue weighted by Gasteiger charge is -2.01. The van der Waals surface area contributed by atoms with Gasteiger partial charge in [-0.05, 0) is 43.2 Å². The fraction of sp³-hybridized carbons (Fsp3) is 0.182. The zero-order valence-electron chi connectivity index (χ0n) is 7.97. The Morgan fingerprint density at radius 3 is 2.07 bits per heavy atom. The average Bonchev–Trinajstić information content (AvgIpc) is 2.00. The van der Waals surface area contributed by atoms with Crippen LogP contribution in [0.4, 0.5) is 8.78 Å². The van der Waals surface area contributed by atoms with E-state index in [1.807, 2.05) is 0 Å². The first-order valence-electron chi connectivity index (χ1n) is 4.14. The first-order valence-corrected chi connectivity index (χ1v) is 4.14. The Kier molecular flexibility index (Phi) is 3.12. The van der Waals surface area contributed by atoms with Gasteiger partial charge in [-0.1, -0.05) is 0 Å². The maximum absolute atomic E-state index is 12.8. The first kappa shape index (κ1) is 10.6. The molecule has 0 aliphatic heterocycles. The lowest BCUT2D eigenvalue weighted by atomic mass is 10.1. The van der Waals surface area contributed by atoms with Crippen LogP contribution >= 0.6 is 0 Å². The zero-order chi connectivity index (χ0) is 10.7. The van der Waals surface area contributed by atoms with E-state index in [0.29, 0.717) is 11.1 Å². The van der Waals surface area contributed by atoms with E-state index < -0.39 is 11.6 Å². The standard InChI is InChI=1S/C11H10F2O/c1-7(3-8(2)14)9-4-10(12)6-11(13)5-9/h3-6H,1-2H3/b7-3+. The van der Waals surface area contributed by atoms with Gasteiger partial charge in [0.1, 0.15) is 11.6 Å². The predicted molar refractivity (Wildman–Crippen MR) is 50.7 cm³/mol. The molecule has 3 heteroatoms. The van der Waals surface area contributed by atoms with Crippen LogP contribution in [0, 0.1) is 11.6 Å². The van der Waals surface area contributed by atoms with Gasteiger partial charge in [0.2, 0.25) is 0 Å². The van der Waals surface area contributed by atoms with Crippen molar-refractivity contribution < 1.29 is 13.6 Å². The third-order valence-corrected chi connectivity index (χ3v) is 1.74. The van der Waals surface area contributed by atoms with E-state index in [9.17, 15) is 13.6 Å². The second kappa shape index (κ2) is 4.13. The summed E-state index contributed by atoms with van der Waals surface area (Å²) in [5.41, 5.74) is 0.939. The predicted octanol–water partition coefficient (Wildman–Crippen LogP) is 2.96. The first-order chi connectivity index (χ1) is 6.49. The summed E-state index contributed by atoms with van der Waals surface area (Å²) in [6.07, 6.45) is 1.34. The van der Waals surface area contributed by atoms with Crippen molar-refractivity contribution in [3.8, 4) is 0 Å². The Labute approximate surface area is 81.1 Å². The van der Waals surface area contributed by atoms with Gasteiger partial charge in [-0.2, -0.15) is 0 Å². The van der Waals surface area contributed by atoms with Gasteiger partial charge in [0.15, 0.2) is 5.78 Å². The van der Waals surface area contributed by atoms with Crippen LogP contribution in [-0.2, 0) is 4.79 Å². The molecule has 14 heavy (non-hydrogen) atoms. The van der Waals surface area contributed by atoms with Crippen LogP contribution in [0.2, 0.25) is 0 Å². The highest BCUT2D eigenvalue weighted by molar-refractivity contribution is 5.94. The number of hydrogen-bond acceptors (Lipinski definition) is 1. The van der Waals surface area contributed by atoms with Gasteiger partial charge < -0.3 is 0 Å². The van der Waals surface area contributed by atoms with Crippen molar-refractivity contribution in [3.05, 3.63) is 41.5 Å². The van der Waals surface area contributed by atoms with Gasteiger partial charge >= 0.3 is 0 Å². The van der Waals surface area contributed by atoms with Gasteiger partial charge in [0.05, 0.1) is 0 Å². The minimum absolute atomic E-state index is 0.146. The van der Waals surface area contributed by atoms with Crippen molar-refractivity contribution in [2.24, 2.45) is 0 Å². The van der Waals surface area contributed by atoms with Gasteiger partial charge in [0.25, 0.3) is 0 Å². The molecule has 0 heterocycles. The molecule has 0 radical (unpaired) electrons. The topological polar surface area (TPSA) is 17.1 Å². The van der Waals surface area contributed by atoms with Gasteiger partial charge in [-0.15, -0.1) is 0 Å². The molecule has 0 saturated carbocycles. The fourth-order valence-electron chi connectivity index (χ4n) is 1.17. The summed E-state index contributed by atoms with van der Waals surface area (Å²) < 4.78 is 25.5. The summed E-state index contributed by atoms with van der Waals surface area (Å²) in [5, 5.41) is 0. The summed E-state index contributed by atoms with van der Waals surface area (Å²) in [4.78, 5) is 10.7. The van der Waals surface area contributed by atoms with Gasteiger partial charge in [-0.3, -0.25) is 4.79 Å². The number of allylic oxidation sites excluding steroid dienone is 2. The highest BCUT2D eigenvalue weighted by Crippen LogP contribution is 2.16. The van der Waals surface area contributed by atoms with E-state index >= 15 is 0 Å². The van der Waals surface area contributed by atoms with Crippen LogP contribution in [-0.4, -0.2) is 5.78 Å². The number of halogens is 2. The average molecular weight is 196 g/mol. The molecule has 0 aliphatic carbocycles. The summed E-state index contributed by atoms with van der Waals surface area (Å²) in [7, 11) is 0. The summed E-state index contributed by atoms with van der Waals surface area (Å²) >= 11 is 0. The lowest BCUT2D eigenvalue weighted by Crippen LogP contribution is -1.89. The molecular formula is C11H10F2O. The molecule has 0 amide bonds. The van der Waals surface area contributed by atoms with E-state index in [0.717, 1.165) is 6.07 Å². The van der Waals surface area contributed by atoms with Crippen LogP contribution in [0.5, 0.6) is 0 Å². The largest absolute Gasteiger partial charge is 0.295 e. The quantitative estimate of drug-likeness (QED) is 0.664. The summed E-state index contributed by atoms with van der Waals surface area (Å²) in [5.74, 6) is -1.43. The van der Waals surface area contributed by atoms with Gasteiger partial charge in [-0.25, -0.2) is 8.78 Å². The highest BCUT2D eigenvalue weighted by atomic mass is 19.1. The van der Waals surface area contributed by atoms with Crippen LogP contribution < -0.4 is 0 Å². The summed E-state index contributed by atoms with van der Waals surface area (Å²) in [6, 6.07) is 3.18. The lowest BCUT2D eigenvalue weighted by molar-refractivity contribution is -0.112. The van der Waals surface area contributed by atoms with E-state index in [-0.39, 0.29) is 5.78 Å². The number of ketones is 1. The molecule has 0 aromatic heterocycles. The molecule has 1 rings (SSSR count). The molecule has 1 aromatic carbocycles. The number of carbonyl (C=O) groups is 1. The molecule has 1 nitrogen and oxygen atoms in total. The number of hydrogen-bond donors (Lipinski definition) is 0. The van der Waals surface area contributed by atoms with E-state index in [4.69, 9.17) is 0 Å². The Hall–Kier alpha value is -1.51. The van der Waals surface area contributed by atoms with Crippen molar-refractivity contribution in [2.45, 2.75) is 13.8 Å². The van der Waals surface area contributed by atoms with Crippen molar-refractivity contribution in [1.29, 1.82) is 0 Å². The molecule has 0 bridgehead atoms. The van der Waals surface area contributed by atoms with Crippen molar-refractivity contribution >= 4 is 11.4 Å². The minimum atomic E-state index is -0.642. The molecular weight excluding hydrogens is 186 g/mol.